The Morgan fingerprint density at radius 1 is 1.10 bits per heavy atom. The predicted octanol–water partition coefficient (Wildman–Crippen LogP) is 2.98. The first-order chi connectivity index (χ1) is 10.0. The topological polar surface area (TPSA) is 75.4 Å². The summed E-state index contributed by atoms with van der Waals surface area (Å²) >= 11 is 0. The number of nitro benzene ring substituents is 1. The highest BCUT2D eigenvalue weighted by Crippen LogP contribution is 2.25. The zero-order chi connectivity index (χ0) is 15.4. The molecule has 0 unspecified atom stereocenters. The van der Waals surface area contributed by atoms with Crippen LogP contribution in [0.4, 0.5) is 20.2 Å². The summed E-state index contributed by atoms with van der Waals surface area (Å²) in [7, 11) is 0. The van der Waals surface area contributed by atoms with Crippen LogP contribution in [0.1, 0.15) is 11.1 Å². The van der Waals surface area contributed by atoms with Crippen LogP contribution in [0.25, 0.3) is 0 Å². The minimum atomic E-state index is -1.02. The van der Waals surface area contributed by atoms with E-state index in [9.17, 15) is 18.9 Å². The van der Waals surface area contributed by atoms with E-state index in [2.05, 4.69) is 5.32 Å². The lowest BCUT2D eigenvalue weighted by molar-refractivity contribution is -0.385. The van der Waals surface area contributed by atoms with Gasteiger partial charge >= 0.3 is 0 Å². The molecule has 0 aromatic heterocycles. The van der Waals surface area contributed by atoms with Crippen LogP contribution in [-0.4, -0.2) is 10.0 Å². The highest BCUT2D eigenvalue weighted by Gasteiger charge is 2.16. The first-order valence-corrected chi connectivity index (χ1v) is 6.07. The van der Waals surface area contributed by atoms with Crippen LogP contribution in [0.2, 0.25) is 0 Å². The number of hydrogen-bond donors (Lipinski definition) is 2. The summed E-state index contributed by atoms with van der Waals surface area (Å²) in [6.45, 7) is 0.0661. The highest BCUT2D eigenvalue weighted by molar-refractivity contribution is 5.52. The number of non-ortho nitro benzene ring substituents is 1. The molecule has 0 spiro atoms. The number of benzene rings is 2. The fraction of sp³-hybridized carbons (Fsp3) is 0.143. The van der Waals surface area contributed by atoms with Gasteiger partial charge in [-0.1, -0.05) is 24.3 Å². The van der Waals surface area contributed by atoms with Gasteiger partial charge in [-0.15, -0.1) is 0 Å². The van der Waals surface area contributed by atoms with Crippen molar-refractivity contribution in [2.75, 3.05) is 5.32 Å². The van der Waals surface area contributed by atoms with Gasteiger partial charge in [-0.05, 0) is 11.1 Å². The van der Waals surface area contributed by atoms with E-state index in [-0.39, 0.29) is 13.2 Å². The number of anilines is 1. The van der Waals surface area contributed by atoms with E-state index in [0.29, 0.717) is 12.1 Å². The van der Waals surface area contributed by atoms with Crippen molar-refractivity contribution in [1.82, 2.24) is 0 Å². The van der Waals surface area contributed by atoms with Crippen LogP contribution in [-0.2, 0) is 13.2 Å². The molecule has 2 rings (SSSR count). The number of rotatable bonds is 5. The van der Waals surface area contributed by atoms with Crippen LogP contribution in [0, 0.1) is 21.7 Å². The maximum atomic E-state index is 13.7. The van der Waals surface area contributed by atoms with Crippen LogP contribution < -0.4 is 5.32 Å². The van der Waals surface area contributed by atoms with E-state index in [0.717, 1.165) is 11.1 Å². The summed E-state index contributed by atoms with van der Waals surface area (Å²) < 4.78 is 27.3. The number of nitrogens with one attached hydrogen (secondary N) is 1. The Hall–Kier alpha value is -2.54. The monoisotopic (exact) mass is 294 g/mol. The SMILES string of the molecule is O=[N+]([O-])c1cc(F)c(NCc2ccc(CO)cc2)c(F)c1. The third kappa shape index (κ3) is 3.51. The highest BCUT2D eigenvalue weighted by atomic mass is 19.1. The third-order valence-electron chi connectivity index (χ3n) is 2.91. The molecule has 5 nitrogen and oxygen atoms in total. The first kappa shape index (κ1) is 14.9. The minimum absolute atomic E-state index is 0.0840. The van der Waals surface area contributed by atoms with Gasteiger partial charge in [-0.3, -0.25) is 10.1 Å². The van der Waals surface area contributed by atoms with Gasteiger partial charge in [-0.25, -0.2) is 8.78 Å². The fourth-order valence-corrected chi connectivity index (χ4v) is 1.79. The molecule has 21 heavy (non-hydrogen) atoms. The van der Waals surface area contributed by atoms with Gasteiger partial charge in [0.2, 0.25) is 0 Å². The van der Waals surface area contributed by atoms with Crippen molar-refractivity contribution in [3.8, 4) is 0 Å². The predicted molar refractivity (Wildman–Crippen MR) is 72.7 cm³/mol. The van der Waals surface area contributed by atoms with Crippen molar-refractivity contribution in [2.45, 2.75) is 13.2 Å². The van der Waals surface area contributed by atoms with Gasteiger partial charge in [0.15, 0.2) is 11.6 Å². The second-order valence-electron chi connectivity index (χ2n) is 4.37. The van der Waals surface area contributed by atoms with Crippen molar-refractivity contribution in [3.63, 3.8) is 0 Å². The van der Waals surface area contributed by atoms with Crippen LogP contribution in [0.3, 0.4) is 0 Å². The molecule has 2 aromatic carbocycles. The molecular formula is C14H12F2N2O3. The van der Waals surface area contributed by atoms with Crippen LogP contribution >= 0.6 is 0 Å². The number of aliphatic hydroxyl groups excluding tert-OH is 1. The maximum Gasteiger partial charge on any atom is 0.275 e. The zero-order valence-electron chi connectivity index (χ0n) is 10.8. The Bertz CT molecular complexity index is 637. The fourth-order valence-electron chi connectivity index (χ4n) is 1.79. The second kappa shape index (κ2) is 6.27. The molecule has 0 bridgehead atoms. The van der Waals surface area contributed by atoms with Gasteiger partial charge < -0.3 is 10.4 Å². The Morgan fingerprint density at radius 3 is 2.10 bits per heavy atom. The average Bonchev–Trinajstić information content (AvgIpc) is 2.46. The quantitative estimate of drug-likeness (QED) is 0.656. The van der Waals surface area contributed by atoms with E-state index < -0.39 is 27.9 Å². The number of halogens is 2. The smallest absolute Gasteiger partial charge is 0.275 e. The lowest BCUT2D eigenvalue weighted by atomic mass is 10.1. The largest absolute Gasteiger partial charge is 0.392 e. The third-order valence-corrected chi connectivity index (χ3v) is 2.91. The molecule has 0 aliphatic heterocycles. The lowest BCUT2D eigenvalue weighted by Crippen LogP contribution is -2.05. The summed E-state index contributed by atoms with van der Waals surface area (Å²) in [5.41, 5.74) is 0.436. The molecule has 2 N–H and O–H groups in total. The van der Waals surface area contributed by atoms with Gasteiger partial charge in [0, 0.05) is 6.54 Å². The Labute approximate surface area is 119 Å². The van der Waals surface area contributed by atoms with E-state index in [1.54, 1.807) is 24.3 Å². The number of aliphatic hydroxyl groups is 1. The van der Waals surface area contributed by atoms with E-state index in [1.807, 2.05) is 0 Å². The zero-order valence-corrected chi connectivity index (χ0v) is 10.8. The summed E-state index contributed by atoms with van der Waals surface area (Å²) in [5, 5.41) is 22.0. The van der Waals surface area contributed by atoms with Crippen molar-refractivity contribution < 1.29 is 18.8 Å². The molecule has 0 aliphatic carbocycles. The molecule has 0 heterocycles. The van der Waals surface area contributed by atoms with Crippen molar-refractivity contribution in [3.05, 3.63) is 69.3 Å². The Balaban J connectivity index is 2.14. The standard InChI is InChI=1S/C14H12F2N2O3/c15-12-5-11(18(20)21)6-13(16)14(12)17-7-9-1-3-10(8-19)4-2-9/h1-6,17,19H,7-8H2. The molecule has 110 valence electrons. The van der Waals surface area contributed by atoms with Gasteiger partial charge in [0.25, 0.3) is 5.69 Å². The summed E-state index contributed by atoms with van der Waals surface area (Å²) in [6, 6.07) is 8.14. The van der Waals surface area contributed by atoms with Crippen molar-refractivity contribution in [1.29, 1.82) is 0 Å². The summed E-state index contributed by atoms with van der Waals surface area (Å²) in [6.07, 6.45) is 0. The van der Waals surface area contributed by atoms with Crippen molar-refractivity contribution >= 4 is 11.4 Å². The first-order valence-electron chi connectivity index (χ1n) is 6.07. The summed E-state index contributed by atoms with van der Waals surface area (Å²) in [4.78, 5) is 9.63. The average molecular weight is 294 g/mol. The van der Waals surface area contributed by atoms with E-state index in [1.165, 1.54) is 0 Å². The normalized spacial score (nSPS) is 10.4. The van der Waals surface area contributed by atoms with Crippen LogP contribution in [0.15, 0.2) is 36.4 Å². The maximum absolute atomic E-state index is 13.7. The van der Waals surface area contributed by atoms with Gasteiger partial charge in [-0.2, -0.15) is 0 Å². The van der Waals surface area contributed by atoms with Gasteiger partial charge in [0.1, 0.15) is 5.69 Å². The number of hydrogen-bond acceptors (Lipinski definition) is 4. The molecule has 0 amide bonds. The molecule has 2 aromatic rings. The van der Waals surface area contributed by atoms with Crippen LogP contribution in [0.5, 0.6) is 0 Å². The number of nitrogens with zero attached hydrogens (tertiary/aromatic N) is 1. The molecule has 7 heteroatoms. The molecule has 0 atom stereocenters. The molecule has 0 radical (unpaired) electrons. The second-order valence-corrected chi connectivity index (χ2v) is 4.37. The minimum Gasteiger partial charge on any atom is -0.392 e. The molecule has 0 fully saturated rings. The molecule has 0 saturated carbocycles. The molecule has 0 aliphatic rings. The Kier molecular flexibility index (Phi) is 4.44. The Morgan fingerprint density at radius 2 is 1.62 bits per heavy atom. The molecule has 0 saturated heterocycles. The van der Waals surface area contributed by atoms with Crippen molar-refractivity contribution in [2.24, 2.45) is 0 Å². The lowest BCUT2D eigenvalue weighted by Gasteiger charge is -2.09. The van der Waals surface area contributed by atoms with E-state index >= 15 is 0 Å². The van der Waals surface area contributed by atoms with Gasteiger partial charge in [0.05, 0.1) is 23.7 Å². The summed E-state index contributed by atoms with van der Waals surface area (Å²) in [5.74, 6) is -2.04. The number of nitro groups is 1. The van der Waals surface area contributed by atoms with E-state index in [4.69, 9.17) is 5.11 Å². The molecular weight excluding hydrogens is 282 g/mol.